The van der Waals surface area contributed by atoms with Crippen LogP contribution in [0, 0.1) is 0 Å². The molecule has 15 heavy (non-hydrogen) atoms. The molecule has 0 radical (unpaired) electrons. The monoisotopic (exact) mass is 202 g/mol. The fourth-order valence-corrected chi connectivity index (χ4v) is 1.69. The molecule has 0 saturated carbocycles. The number of pyridine rings is 1. The third kappa shape index (κ3) is 1.71. The van der Waals surface area contributed by atoms with Crippen molar-refractivity contribution in [3.8, 4) is 0 Å². The van der Waals surface area contributed by atoms with Crippen molar-refractivity contribution in [1.29, 1.82) is 0 Å². The number of nitrogens with zero attached hydrogens (tertiary/aromatic N) is 1. The average molecular weight is 202 g/mol. The van der Waals surface area contributed by atoms with Crippen LogP contribution in [-0.2, 0) is 5.60 Å². The van der Waals surface area contributed by atoms with Gasteiger partial charge >= 0.3 is 0 Å². The van der Waals surface area contributed by atoms with E-state index in [2.05, 4.69) is 4.98 Å². The van der Waals surface area contributed by atoms with Crippen LogP contribution >= 0.6 is 0 Å². The van der Waals surface area contributed by atoms with E-state index in [1.165, 1.54) is 0 Å². The SMILES string of the molecule is CC(O)(CN)c1cccc2ccncc12. The van der Waals surface area contributed by atoms with Crippen LogP contribution in [0.4, 0.5) is 0 Å². The summed E-state index contributed by atoms with van der Waals surface area (Å²) in [5, 5.41) is 12.2. The van der Waals surface area contributed by atoms with Gasteiger partial charge in [-0.25, -0.2) is 0 Å². The number of hydrogen-bond acceptors (Lipinski definition) is 3. The van der Waals surface area contributed by atoms with E-state index in [4.69, 9.17) is 5.73 Å². The summed E-state index contributed by atoms with van der Waals surface area (Å²) in [6.45, 7) is 1.91. The van der Waals surface area contributed by atoms with Gasteiger partial charge in [0, 0.05) is 24.3 Å². The Hall–Kier alpha value is -1.45. The van der Waals surface area contributed by atoms with Crippen molar-refractivity contribution in [2.75, 3.05) is 6.54 Å². The third-order valence-corrected chi connectivity index (χ3v) is 2.66. The number of hydrogen-bond donors (Lipinski definition) is 2. The van der Waals surface area contributed by atoms with Gasteiger partial charge in [-0.05, 0) is 23.9 Å². The van der Waals surface area contributed by atoms with Gasteiger partial charge in [-0.15, -0.1) is 0 Å². The highest BCUT2D eigenvalue weighted by atomic mass is 16.3. The first-order valence-electron chi connectivity index (χ1n) is 4.91. The van der Waals surface area contributed by atoms with Gasteiger partial charge in [0.05, 0.1) is 5.60 Å². The predicted molar refractivity (Wildman–Crippen MR) is 60.4 cm³/mol. The minimum atomic E-state index is -0.997. The second-order valence-corrected chi connectivity index (χ2v) is 3.88. The summed E-state index contributed by atoms with van der Waals surface area (Å²) in [7, 11) is 0. The molecule has 1 unspecified atom stereocenters. The Morgan fingerprint density at radius 2 is 2.20 bits per heavy atom. The van der Waals surface area contributed by atoms with Crippen molar-refractivity contribution in [3.63, 3.8) is 0 Å². The number of nitrogens with two attached hydrogens (primary N) is 1. The van der Waals surface area contributed by atoms with Gasteiger partial charge < -0.3 is 10.8 Å². The Balaban J connectivity index is 2.71. The van der Waals surface area contributed by atoms with E-state index in [-0.39, 0.29) is 6.54 Å². The van der Waals surface area contributed by atoms with E-state index in [1.807, 2.05) is 24.3 Å². The van der Waals surface area contributed by atoms with Crippen LogP contribution in [0.25, 0.3) is 10.8 Å². The number of aromatic nitrogens is 1. The molecule has 0 spiro atoms. The molecule has 0 aliphatic rings. The molecular weight excluding hydrogens is 188 g/mol. The lowest BCUT2D eigenvalue weighted by atomic mass is 9.92. The summed E-state index contributed by atoms with van der Waals surface area (Å²) < 4.78 is 0. The molecule has 1 atom stereocenters. The molecule has 1 heterocycles. The molecule has 0 amide bonds. The summed E-state index contributed by atoms with van der Waals surface area (Å²) in [6, 6.07) is 7.72. The first kappa shape index (κ1) is 10.1. The molecule has 0 aliphatic heterocycles. The number of rotatable bonds is 2. The minimum absolute atomic E-state index is 0.195. The fraction of sp³-hybridized carbons (Fsp3) is 0.250. The molecular formula is C12H14N2O. The normalized spacial score (nSPS) is 15.1. The quantitative estimate of drug-likeness (QED) is 0.774. The van der Waals surface area contributed by atoms with Crippen LogP contribution in [0.2, 0.25) is 0 Å². The Labute approximate surface area is 88.6 Å². The van der Waals surface area contributed by atoms with Crippen molar-refractivity contribution in [2.24, 2.45) is 5.73 Å². The van der Waals surface area contributed by atoms with Crippen LogP contribution < -0.4 is 5.73 Å². The zero-order valence-electron chi connectivity index (χ0n) is 8.64. The zero-order chi connectivity index (χ0) is 10.9. The predicted octanol–water partition coefficient (Wildman–Crippen LogP) is 1.40. The van der Waals surface area contributed by atoms with Crippen LogP contribution in [0.15, 0.2) is 36.7 Å². The lowest BCUT2D eigenvalue weighted by molar-refractivity contribution is 0.0684. The van der Waals surface area contributed by atoms with Crippen molar-refractivity contribution in [1.82, 2.24) is 4.98 Å². The molecule has 0 bridgehead atoms. The van der Waals surface area contributed by atoms with Crippen LogP contribution in [-0.4, -0.2) is 16.6 Å². The molecule has 2 rings (SSSR count). The van der Waals surface area contributed by atoms with Crippen molar-refractivity contribution >= 4 is 10.8 Å². The molecule has 0 saturated heterocycles. The van der Waals surface area contributed by atoms with E-state index >= 15 is 0 Å². The van der Waals surface area contributed by atoms with E-state index in [0.29, 0.717) is 0 Å². The zero-order valence-corrected chi connectivity index (χ0v) is 8.64. The Morgan fingerprint density at radius 1 is 1.40 bits per heavy atom. The highest BCUT2D eigenvalue weighted by molar-refractivity contribution is 5.85. The summed E-state index contributed by atoms with van der Waals surface area (Å²) >= 11 is 0. The maximum absolute atomic E-state index is 10.1. The summed E-state index contributed by atoms with van der Waals surface area (Å²) in [5.41, 5.74) is 5.39. The first-order chi connectivity index (χ1) is 7.15. The Bertz CT molecular complexity index is 475. The maximum Gasteiger partial charge on any atom is 0.0996 e. The molecule has 78 valence electrons. The molecule has 3 heteroatoms. The van der Waals surface area contributed by atoms with Gasteiger partial charge in [0.25, 0.3) is 0 Å². The average Bonchev–Trinajstić information content (AvgIpc) is 2.28. The van der Waals surface area contributed by atoms with Gasteiger partial charge in [-0.2, -0.15) is 0 Å². The smallest absolute Gasteiger partial charge is 0.0996 e. The van der Waals surface area contributed by atoms with Crippen LogP contribution in [0.5, 0.6) is 0 Å². The largest absolute Gasteiger partial charge is 0.384 e. The second-order valence-electron chi connectivity index (χ2n) is 3.88. The number of benzene rings is 1. The highest BCUT2D eigenvalue weighted by Gasteiger charge is 2.22. The van der Waals surface area contributed by atoms with E-state index in [1.54, 1.807) is 19.3 Å². The topological polar surface area (TPSA) is 59.1 Å². The lowest BCUT2D eigenvalue weighted by Crippen LogP contribution is -2.31. The molecule has 0 fully saturated rings. The molecule has 3 nitrogen and oxygen atoms in total. The Morgan fingerprint density at radius 3 is 2.93 bits per heavy atom. The molecule has 3 N–H and O–H groups in total. The van der Waals surface area contributed by atoms with E-state index in [0.717, 1.165) is 16.3 Å². The lowest BCUT2D eigenvalue weighted by Gasteiger charge is -2.23. The van der Waals surface area contributed by atoms with Gasteiger partial charge in [0.15, 0.2) is 0 Å². The van der Waals surface area contributed by atoms with Crippen molar-refractivity contribution in [2.45, 2.75) is 12.5 Å². The highest BCUT2D eigenvalue weighted by Crippen LogP contribution is 2.26. The number of aliphatic hydroxyl groups is 1. The standard InChI is InChI=1S/C12H14N2O/c1-12(15,8-13)11-4-2-3-9-5-6-14-7-10(9)11/h2-7,15H,8,13H2,1H3. The molecule has 1 aromatic carbocycles. The van der Waals surface area contributed by atoms with Crippen molar-refractivity contribution in [3.05, 3.63) is 42.2 Å². The maximum atomic E-state index is 10.1. The van der Waals surface area contributed by atoms with Crippen LogP contribution in [0.3, 0.4) is 0 Å². The third-order valence-electron chi connectivity index (χ3n) is 2.66. The number of fused-ring (bicyclic) bond motifs is 1. The summed E-state index contributed by atoms with van der Waals surface area (Å²) in [6.07, 6.45) is 3.50. The summed E-state index contributed by atoms with van der Waals surface area (Å²) in [5.74, 6) is 0. The van der Waals surface area contributed by atoms with E-state index < -0.39 is 5.60 Å². The van der Waals surface area contributed by atoms with Crippen LogP contribution in [0.1, 0.15) is 12.5 Å². The molecule has 0 aliphatic carbocycles. The van der Waals surface area contributed by atoms with Gasteiger partial charge in [0.1, 0.15) is 0 Å². The van der Waals surface area contributed by atoms with Crippen molar-refractivity contribution < 1.29 is 5.11 Å². The van der Waals surface area contributed by atoms with Gasteiger partial charge in [-0.3, -0.25) is 4.98 Å². The second kappa shape index (κ2) is 3.61. The molecule has 2 aromatic rings. The fourth-order valence-electron chi connectivity index (χ4n) is 1.69. The summed E-state index contributed by atoms with van der Waals surface area (Å²) in [4.78, 5) is 4.07. The van der Waals surface area contributed by atoms with Gasteiger partial charge in [-0.1, -0.05) is 18.2 Å². The first-order valence-corrected chi connectivity index (χ1v) is 4.91. The minimum Gasteiger partial charge on any atom is -0.384 e. The molecule has 1 aromatic heterocycles. The van der Waals surface area contributed by atoms with E-state index in [9.17, 15) is 5.11 Å². The van der Waals surface area contributed by atoms with Gasteiger partial charge in [0.2, 0.25) is 0 Å². The Kier molecular flexibility index (Phi) is 2.42.